The third kappa shape index (κ3) is 6.20. The second-order valence-corrected chi connectivity index (χ2v) is 10.2. The number of ether oxygens (including phenoxy) is 1. The Hall–Kier alpha value is -0.580. The molecule has 0 amide bonds. The topological polar surface area (TPSA) is 71.0 Å². The number of nitrogens with one attached hydrogen (secondary N) is 1. The van der Waals surface area contributed by atoms with Gasteiger partial charge in [0.2, 0.25) is 0 Å². The number of benzene rings is 1. The smallest absolute Gasteiger partial charge is 0.194 e. The van der Waals surface area contributed by atoms with Gasteiger partial charge in [-0.25, -0.2) is 8.42 Å². The minimum absolute atomic E-state index is 0. The predicted molar refractivity (Wildman–Crippen MR) is 122 cm³/mol. The van der Waals surface area contributed by atoms with Crippen molar-refractivity contribution in [2.24, 2.45) is 4.99 Å². The highest BCUT2D eigenvalue weighted by molar-refractivity contribution is 14.0. The fourth-order valence-electron chi connectivity index (χ4n) is 2.94. The Labute approximate surface area is 184 Å². The van der Waals surface area contributed by atoms with Crippen LogP contribution in [0.15, 0.2) is 29.3 Å². The van der Waals surface area contributed by atoms with Crippen molar-refractivity contribution >= 4 is 51.4 Å². The number of halogens is 2. The van der Waals surface area contributed by atoms with E-state index >= 15 is 0 Å². The van der Waals surface area contributed by atoms with Gasteiger partial charge in [0, 0.05) is 31.8 Å². The molecule has 1 heterocycles. The third-order valence-electron chi connectivity index (χ3n) is 4.59. The van der Waals surface area contributed by atoms with Crippen LogP contribution in [0, 0.1) is 0 Å². The number of rotatable bonds is 5. The van der Waals surface area contributed by atoms with Gasteiger partial charge in [0.1, 0.15) is 6.10 Å². The van der Waals surface area contributed by atoms with E-state index in [1.807, 2.05) is 36.1 Å². The van der Waals surface area contributed by atoms with E-state index in [0.717, 1.165) is 5.56 Å². The van der Waals surface area contributed by atoms with Crippen molar-refractivity contribution in [3.8, 4) is 0 Å². The lowest BCUT2D eigenvalue weighted by atomic mass is 10.1. The van der Waals surface area contributed by atoms with Crippen molar-refractivity contribution < 1.29 is 13.2 Å². The zero-order chi connectivity index (χ0) is 19.4. The molecule has 1 aliphatic rings. The van der Waals surface area contributed by atoms with Crippen LogP contribution >= 0.6 is 35.6 Å². The first kappa shape index (κ1) is 24.5. The molecule has 27 heavy (non-hydrogen) atoms. The van der Waals surface area contributed by atoms with Crippen LogP contribution in [0.3, 0.4) is 0 Å². The summed E-state index contributed by atoms with van der Waals surface area (Å²) in [5.41, 5.74) is 0.959. The molecular weight excluding hydrogens is 501 g/mol. The number of hydrogen-bond acceptors (Lipinski definition) is 4. The van der Waals surface area contributed by atoms with Gasteiger partial charge in [-0.2, -0.15) is 0 Å². The van der Waals surface area contributed by atoms with E-state index in [2.05, 4.69) is 5.32 Å². The van der Waals surface area contributed by atoms with Crippen molar-refractivity contribution in [1.29, 1.82) is 0 Å². The van der Waals surface area contributed by atoms with Crippen LogP contribution in [0.4, 0.5) is 0 Å². The summed E-state index contributed by atoms with van der Waals surface area (Å²) in [6, 6.07) is 7.53. The van der Waals surface area contributed by atoms with Crippen LogP contribution in [0.1, 0.15) is 32.4 Å². The summed E-state index contributed by atoms with van der Waals surface area (Å²) in [6.45, 7) is 7.50. The Balaban J connectivity index is 0.00000364. The van der Waals surface area contributed by atoms with E-state index in [9.17, 15) is 8.42 Å². The first-order valence-corrected chi connectivity index (χ1v) is 10.8. The summed E-state index contributed by atoms with van der Waals surface area (Å²) in [5, 5.41) is 3.92. The average molecular weight is 530 g/mol. The largest absolute Gasteiger partial charge is 0.375 e. The maximum absolute atomic E-state index is 12.2. The Kier molecular flexibility index (Phi) is 9.30. The second kappa shape index (κ2) is 10.3. The number of methoxy groups -OCH3 is 1. The molecule has 9 heteroatoms. The van der Waals surface area contributed by atoms with E-state index in [0.29, 0.717) is 37.2 Å². The Morgan fingerprint density at radius 2 is 2.15 bits per heavy atom. The summed E-state index contributed by atoms with van der Waals surface area (Å²) < 4.78 is 29.3. The molecule has 6 nitrogen and oxygen atoms in total. The number of hydrogen-bond donors (Lipinski definition) is 1. The molecule has 0 bridgehead atoms. The van der Waals surface area contributed by atoms with Gasteiger partial charge < -0.3 is 15.0 Å². The van der Waals surface area contributed by atoms with Gasteiger partial charge in [0.15, 0.2) is 15.8 Å². The lowest BCUT2D eigenvalue weighted by Gasteiger charge is -2.39. The normalized spacial score (nSPS) is 19.9. The highest BCUT2D eigenvalue weighted by Crippen LogP contribution is 2.24. The van der Waals surface area contributed by atoms with E-state index in [4.69, 9.17) is 21.3 Å². The fraction of sp³-hybridized carbons (Fsp3) is 0.611. The molecule has 1 aliphatic heterocycles. The quantitative estimate of drug-likeness (QED) is 0.361. The highest BCUT2D eigenvalue weighted by atomic mass is 127. The molecule has 1 atom stereocenters. The zero-order valence-electron chi connectivity index (χ0n) is 16.2. The van der Waals surface area contributed by atoms with Gasteiger partial charge in [-0.15, -0.1) is 24.0 Å². The van der Waals surface area contributed by atoms with Gasteiger partial charge in [0.25, 0.3) is 0 Å². The summed E-state index contributed by atoms with van der Waals surface area (Å²) in [6.07, 6.45) is -0.219. The lowest BCUT2D eigenvalue weighted by Crippen LogP contribution is -2.57. The SMILES string of the molecule is CCNC(=NCC(OC)c1cccc(Cl)c1)N1CCS(=O)(=O)C(C)(C)C1.I. The summed E-state index contributed by atoms with van der Waals surface area (Å²) in [4.78, 5) is 6.71. The molecule has 1 saturated heterocycles. The maximum atomic E-state index is 12.2. The van der Waals surface area contributed by atoms with Crippen LogP contribution in [0.5, 0.6) is 0 Å². The highest BCUT2D eigenvalue weighted by Gasteiger charge is 2.41. The molecule has 0 saturated carbocycles. The first-order chi connectivity index (χ1) is 12.2. The predicted octanol–water partition coefficient (Wildman–Crippen LogP) is 3.12. The Morgan fingerprint density at radius 3 is 2.70 bits per heavy atom. The van der Waals surface area contributed by atoms with Gasteiger partial charge in [-0.05, 0) is 38.5 Å². The van der Waals surface area contributed by atoms with Crippen LogP contribution in [-0.2, 0) is 14.6 Å². The zero-order valence-corrected chi connectivity index (χ0v) is 20.1. The summed E-state index contributed by atoms with van der Waals surface area (Å²) in [7, 11) is -1.45. The number of aliphatic imine (C=N–C) groups is 1. The molecule has 1 aromatic carbocycles. The molecule has 2 rings (SSSR count). The number of nitrogens with zero attached hydrogens (tertiary/aromatic N) is 2. The standard InChI is InChI=1S/C18H28ClN3O3S.HI/c1-5-20-17(22-9-10-26(23,24)18(2,3)13-22)21-12-16(25-4)14-7-6-8-15(19)11-14;/h6-8,11,16H,5,9-10,12-13H2,1-4H3,(H,20,21);1H. The number of guanidine groups is 1. The van der Waals surface area contributed by atoms with Crippen LogP contribution < -0.4 is 5.32 Å². The van der Waals surface area contributed by atoms with E-state index < -0.39 is 14.6 Å². The van der Waals surface area contributed by atoms with Gasteiger partial charge in [-0.1, -0.05) is 23.7 Å². The molecule has 154 valence electrons. The van der Waals surface area contributed by atoms with E-state index in [1.165, 1.54) is 0 Å². The third-order valence-corrected chi connectivity index (χ3v) is 7.36. The first-order valence-electron chi connectivity index (χ1n) is 8.74. The Morgan fingerprint density at radius 1 is 1.44 bits per heavy atom. The minimum Gasteiger partial charge on any atom is -0.375 e. The van der Waals surface area contributed by atoms with Gasteiger partial charge >= 0.3 is 0 Å². The van der Waals surface area contributed by atoms with Crippen molar-refractivity contribution in [1.82, 2.24) is 10.2 Å². The van der Waals surface area contributed by atoms with Crippen LogP contribution in [-0.4, -0.2) is 63.1 Å². The van der Waals surface area contributed by atoms with Gasteiger partial charge in [0.05, 0.1) is 17.0 Å². The molecule has 1 unspecified atom stereocenters. The molecule has 1 aromatic rings. The van der Waals surface area contributed by atoms with Crippen molar-refractivity contribution in [2.45, 2.75) is 31.6 Å². The van der Waals surface area contributed by atoms with E-state index in [-0.39, 0.29) is 35.8 Å². The molecule has 0 aromatic heterocycles. The van der Waals surface area contributed by atoms with Crippen molar-refractivity contribution in [2.75, 3.05) is 39.0 Å². The Bertz CT molecular complexity index is 756. The molecule has 0 aliphatic carbocycles. The maximum Gasteiger partial charge on any atom is 0.194 e. The summed E-state index contributed by atoms with van der Waals surface area (Å²) in [5.74, 6) is 0.839. The molecule has 1 fully saturated rings. The van der Waals surface area contributed by atoms with Gasteiger partial charge in [-0.3, -0.25) is 4.99 Å². The number of sulfone groups is 1. The van der Waals surface area contributed by atoms with Crippen molar-refractivity contribution in [3.63, 3.8) is 0 Å². The van der Waals surface area contributed by atoms with E-state index in [1.54, 1.807) is 21.0 Å². The second-order valence-electron chi connectivity index (χ2n) is 6.97. The van der Waals surface area contributed by atoms with Crippen molar-refractivity contribution in [3.05, 3.63) is 34.9 Å². The molecule has 0 spiro atoms. The van der Waals surface area contributed by atoms with Crippen LogP contribution in [0.25, 0.3) is 0 Å². The summed E-state index contributed by atoms with van der Waals surface area (Å²) >= 11 is 6.07. The van der Waals surface area contributed by atoms with Crippen LogP contribution in [0.2, 0.25) is 5.02 Å². The fourth-order valence-corrected chi connectivity index (χ4v) is 4.51. The monoisotopic (exact) mass is 529 g/mol. The minimum atomic E-state index is -3.09. The molecular formula is C18H29ClIN3O3S. The molecule has 1 N–H and O–H groups in total. The lowest BCUT2D eigenvalue weighted by molar-refractivity contribution is 0.110. The average Bonchev–Trinajstić information content (AvgIpc) is 2.57. The molecule has 0 radical (unpaired) electrons.